The minimum Gasteiger partial charge on any atom is -0.171 e. The van der Waals surface area contributed by atoms with Crippen molar-refractivity contribution in [2.75, 3.05) is 0 Å². The van der Waals surface area contributed by atoms with E-state index < -0.39 is 18.0 Å². The van der Waals surface area contributed by atoms with Gasteiger partial charge in [-0.25, -0.2) is 0 Å². The van der Waals surface area contributed by atoms with Gasteiger partial charge in [0, 0.05) is 8.95 Å². The third kappa shape index (κ3) is 4.33. The highest BCUT2D eigenvalue weighted by molar-refractivity contribution is 9.11. The molecule has 1 unspecified atom stereocenters. The Labute approximate surface area is 107 Å². The molecule has 84 valence electrons. The zero-order valence-electron chi connectivity index (χ0n) is 7.28. The molecule has 0 spiro atoms. The van der Waals surface area contributed by atoms with Crippen LogP contribution in [0.5, 0.6) is 0 Å². The quantitative estimate of drug-likeness (QED) is 0.611. The highest BCUT2D eigenvalue weighted by Gasteiger charge is 2.32. The Morgan fingerprint density at radius 1 is 1.27 bits per heavy atom. The molecule has 0 bridgehead atoms. The average Bonchev–Trinajstić information content (AvgIpc) is 2.06. The normalized spacial score (nSPS) is 14.0. The van der Waals surface area contributed by atoms with E-state index in [9.17, 15) is 13.2 Å². The largest absolute Gasteiger partial charge is 0.390 e. The van der Waals surface area contributed by atoms with Crippen molar-refractivity contribution in [1.29, 1.82) is 0 Å². The van der Waals surface area contributed by atoms with Crippen molar-refractivity contribution in [3.8, 4) is 0 Å². The van der Waals surface area contributed by atoms with Crippen LogP contribution < -0.4 is 0 Å². The van der Waals surface area contributed by atoms with Crippen molar-refractivity contribution in [2.45, 2.75) is 18.0 Å². The summed E-state index contributed by atoms with van der Waals surface area (Å²) in [5.41, 5.74) is 0.434. The van der Waals surface area contributed by atoms with Crippen molar-refractivity contribution < 1.29 is 13.2 Å². The standard InChI is InChI=1S/C9H6Br2ClF3/c10-5-1-2-7(11)6(3-5)8(12)4-9(13,14)15/h1-3,8H,4H2. The van der Waals surface area contributed by atoms with Gasteiger partial charge in [0.15, 0.2) is 0 Å². The molecule has 15 heavy (non-hydrogen) atoms. The monoisotopic (exact) mass is 364 g/mol. The SMILES string of the molecule is FC(F)(F)CC(Cl)c1cc(Br)ccc1Br. The molecule has 0 N–H and O–H groups in total. The van der Waals surface area contributed by atoms with Gasteiger partial charge >= 0.3 is 6.18 Å². The Morgan fingerprint density at radius 2 is 1.87 bits per heavy atom. The molecular formula is C9H6Br2ClF3. The van der Waals surface area contributed by atoms with Gasteiger partial charge < -0.3 is 0 Å². The van der Waals surface area contributed by atoms with E-state index in [4.69, 9.17) is 11.6 Å². The molecule has 1 atom stereocenters. The van der Waals surface area contributed by atoms with Crippen LogP contribution in [0.25, 0.3) is 0 Å². The Balaban J connectivity index is 2.90. The molecule has 0 aromatic heterocycles. The second kappa shape index (κ2) is 5.06. The number of halogens is 6. The van der Waals surface area contributed by atoms with Crippen molar-refractivity contribution in [3.05, 3.63) is 32.7 Å². The van der Waals surface area contributed by atoms with Gasteiger partial charge in [0.2, 0.25) is 0 Å². The molecule has 0 radical (unpaired) electrons. The summed E-state index contributed by atoms with van der Waals surface area (Å²) in [5.74, 6) is 0. The summed E-state index contributed by atoms with van der Waals surface area (Å²) in [6.45, 7) is 0. The molecule has 1 aromatic carbocycles. The molecule has 0 aliphatic carbocycles. The lowest BCUT2D eigenvalue weighted by Crippen LogP contribution is -2.11. The molecule has 1 rings (SSSR count). The maximum absolute atomic E-state index is 12.1. The van der Waals surface area contributed by atoms with Crippen molar-refractivity contribution >= 4 is 43.5 Å². The van der Waals surface area contributed by atoms with Crippen molar-refractivity contribution in [1.82, 2.24) is 0 Å². The topological polar surface area (TPSA) is 0 Å². The van der Waals surface area contributed by atoms with Crippen LogP contribution in [-0.4, -0.2) is 6.18 Å². The van der Waals surface area contributed by atoms with Gasteiger partial charge in [-0.1, -0.05) is 31.9 Å². The average molecular weight is 366 g/mol. The molecule has 0 fully saturated rings. The summed E-state index contributed by atoms with van der Waals surface area (Å²) in [6, 6.07) is 4.96. The Bertz CT molecular complexity index is 352. The molecule has 0 aliphatic heterocycles. The first-order valence-corrected chi connectivity index (χ1v) is 5.97. The van der Waals surface area contributed by atoms with Gasteiger partial charge in [-0.3, -0.25) is 0 Å². The van der Waals surface area contributed by atoms with E-state index in [0.29, 0.717) is 14.5 Å². The molecule has 6 heteroatoms. The molecule has 0 aliphatic rings. The lowest BCUT2D eigenvalue weighted by Gasteiger charge is -2.14. The third-order valence-corrected chi connectivity index (χ3v) is 3.31. The van der Waals surface area contributed by atoms with E-state index in [2.05, 4.69) is 31.9 Å². The summed E-state index contributed by atoms with van der Waals surface area (Å²) in [5, 5.41) is -1.07. The predicted octanol–water partition coefficient (Wildman–Crippen LogP) is 5.44. The Kier molecular flexibility index (Phi) is 4.50. The van der Waals surface area contributed by atoms with Crippen molar-refractivity contribution in [3.63, 3.8) is 0 Å². The zero-order chi connectivity index (χ0) is 11.6. The van der Waals surface area contributed by atoms with Crippen LogP contribution in [-0.2, 0) is 0 Å². The van der Waals surface area contributed by atoms with Crippen LogP contribution in [0.15, 0.2) is 27.1 Å². The van der Waals surface area contributed by atoms with E-state index in [0.717, 1.165) is 0 Å². The minimum atomic E-state index is -4.26. The predicted molar refractivity (Wildman–Crippen MR) is 61.1 cm³/mol. The summed E-state index contributed by atoms with van der Waals surface area (Å²) >= 11 is 12.0. The molecule has 1 aromatic rings. The molecule has 0 heterocycles. The number of benzene rings is 1. The van der Waals surface area contributed by atoms with E-state index in [-0.39, 0.29) is 0 Å². The summed E-state index contributed by atoms with van der Waals surface area (Å²) in [6.07, 6.45) is -5.29. The van der Waals surface area contributed by atoms with Gasteiger partial charge in [0.1, 0.15) is 0 Å². The summed E-state index contributed by atoms with van der Waals surface area (Å²) in [7, 11) is 0. The lowest BCUT2D eigenvalue weighted by molar-refractivity contribution is -0.134. The highest BCUT2D eigenvalue weighted by atomic mass is 79.9. The fourth-order valence-electron chi connectivity index (χ4n) is 1.07. The van der Waals surface area contributed by atoms with Gasteiger partial charge in [-0.05, 0) is 23.8 Å². The smallest absolute Gasteiger partial charge is 0.171 e. The molecular weight excluding hydrogens is 360 g/mol. The fraction of sp³-hybridized carbons (Fsp3) is 0.333. The van der Waals surface area contributed by atoms with E-state index in [1.165, 1.54) is 0 Å². The van der Waals surface area contributed by atoms with Gasteiger partial charge in [-0.15, -0.1) is 11.6 Å². The Hall–Kier alpha value is 0.260. The number of rotatable bonds is 2. The fourth-order valence-corrected chi connectivity index (χ4v) is 2.46. The molecule has 0 amide bonds. The number of hydrogen-bond donors (Lipinski definition) is 0. The van der Waals surface area contributed by atoms with E-state index >= 15 is 0 Å². The zero-order valence-corrected chi connectivity index (χ0v) is 11.2. The van der Waals surface area contributed by atoms with Crippen molar-refractivity contribution in [2.24, 2.45) is 0 Å². The van der Waals surface area contributed by atoms with Gasteiger partial charge in [-0.2, -0.15) is 13.2 Å². The van der Waals surface area contributed by atoms with Crippen LogP contribution in [0.1, 0.15) is 17.4 Å². The second-order valence-electron chi connectivity index (χ2n) is 2.95. The van der Waals surface area contributed by atoms with Crippen LogP contribution in [0.3, 0.4) is 0 Å². The number of alkyl halides is 4. The first kappa shape index (κ1) is 13.3. The van der Waals surface area contributed by atoms with Crippen LogP contribution >= 0.6 is 43.5 Å². The minimum absolute atomic E-state index is 0.434. The third-order valence-electron chi connectivity index (χ3n) is 1.71. The molecule has 0 nitrogen and oxygen atoms in total. The molecule has 0 saturated carbocycles. The van der Waals surface area contributed by atoms with Crippen LogP contribution in [0, 0.1) is 0 Å². The first-order valence-electron chi connectivity index (χ1n) is 3.95. The second-order valence-corrected chi connectivity index (χ2v) is 5.25. The first-order chi connectivity index (χ1) is 6.79. The maximum Gasteiger partial charge on any atom is 0.390 e. The summed E-state index contributed by atoms with van der Waals surface area (Å²) < 4.78 is 37.6. The number of hydrogen-bond acceptors (Lipinski definition) is 0. The Morgan fingerprint density at radius 3 is 2.40 bits per heavy atom. The van der Waals surface area contributed by atoms with Gasteiger partial charge in [0.05, 0.1) is 11.8 Å². The van der Waals surface area contributed by atoms with E-state index in [1.807, 2.05) is 0 Å². The van der Waals surface area contributed by atoms with Crippen LogP contribution in [0.4, 0.5) is 13.2 Å². The maximum atomic E-state index is 12.1. The molecule has 0 saturated heterocycles. The lowest BCUT2D eigenvalue weighted by atomic mass is 10.1. The van der Waals surface area contributed by atoms with Gasteiger partial charge in [0.25, 0.3) is 0 Å². The van der Waals surface area contributed by atoms with E-state index in [1.54, 1.807) is 18.2 Å². The highest BCUT2D eigenvalue weighted by Crippen LogP contribution is 2.38. The summed E-state index contributed by atoms with van der Waals surface area (Å²) in [4.78, 5) is 0. The van der Waals surface area contributed by atoms with Crippen LogP contribution in [0.2, 0.25) is 0 Å².